The summed E-state index contributed by atoms with van der Waals surface area (Å²) in [4.78, 5) is 11.1. The number of allylic oxidation sites excluding steroid dienone is 1. The van der Waals surface area contributed by atoms with Gasteiger partial charge in [-0.1, -0.05) is 30.4 Å². The fourth-order valence-corrected chi connectivity index (χ4v) is 2.47. The van der Waals surface area contributed by atoms with Gasteiger partial charge in [0.2, 0.25) is 5.91 Å². The normalized spacial score (nSPS) is 16.3. The van der Waals surface area contributed by atoms with Gasteiger partial charge >= 0.3 is 0 Å². The molecule has 19 heavy (non-hydrogen) atoms. The SMILES string of the molecule is NC(=O)c1ccc(C2C=Cc3cc(N)ccc32)cc1. The van der Waals surface area contributed by atoms with Crippen LogP contribution in [0, 0.1) is 0 Å². The molecule has 3 heteroatoms. The number of anilines is 1. The Bertz CT molecular complexity index is 672. The molecule has 0 saturated heterocycles. The van der Waals surface area contributed by atoms with Crippen molar-refractivity contribution in [3.05, 3.63) is 70.8 Å². The first kappa shape index (κ1) is 11.5. The van der Waals surface area contributed by atoms with Crippen LogP contribution in [0.4, 0.5) is 5.69 Å². The van der Waals surface area contributed by atoms with E-state index in [1.54, 1.807) is 12.1 Å². The highest BCUT2D eigenvalue weighted by Gasteiger charge is 2.19. The van der Waals surface area contributed by atoms with E-state index in [9.17, 15) is 4.79 Å². The number of fused-ring (bicyclic) bond motifs is 1. The van der Waals surface area contributed by atoms with E-state index in [0.29, 0.717) is 5.56 Å². The number of nitrogens with two attached hydrogens (primary N) is 2. The molecule has 0 heterocycles. The van der Waals surface area contributed by atoms with Gasteiger partial charge in [0.1, 0.15) is 0 Å². The highest BCUT2D eigenvalue weighted by Crippen LogP contribution is 2.36. The van der Waals surface area contributed by atoms with Crippen LogP contribution < -0.4 is 11.5 Å². The van der Waals surface area contributed by atoms with Crippen molar-refractivity contribution in [2.24, 2.45) is 5.73 Å². The maximum absolute atomic E-state index is 11.1. The lowest BCUT2D eigenvalue weighted by molar-refractivity contribution is 0.100. The zero-order chi connectivity index (χ0) is 13.4. The zero-order valence-electron chi connectivity index (χ0n) is 10.3. The van der Waals surface area contributed by atoms with Gasteiger partial charge in [-0.2, -0.15) is 0 Å². The van der Waals surface area contributed by atoms with E-state index in [1.807, 2.05) is 24.3 Å². The third-order valence-electron chi connectivity index (χ3n) is 3.47. The van der Waals surface area contributed by atoms with Crippen molar-refractivity contribution in [2.75, 3.05) is 5.73 Å². The van der Waals surface area contributed by atoms with Crippen LogP contribution in [-0.4, -0.2) is 5.91 Å². The number of benzene rings is 2. The van der Waals surface area contributed by atoms with E-state index in [2.05, 4.69) is 18.2 Å². The van der Waals surface area contributed by atoms with E-state index < -0.39 is 5.91 Å². The average molecular weight is 250 g/mol. The molecule has 0 bridgehead atoms. The second-order valence-electron chi connectivity index (χ2n) is 4.71. The van der Waals surface area contributed by atoms with Crippen LogP contribution >= 0.6 is 0 Å². The molecule has 0 aromatic heterocycles. The summed E-state index contributed by atoms with van der Waals surface area (Å²) in [7, 11) is 0. The lowest BCUT2D eigenvalue weighted by atomic mass is 9.92. The van der Waals surface area contributed by atoms with Crippen LogP contribution in [0.25, 0.3) is 6.08 Å². The molecule has 1 aliphatic carbocycles. The van der Waals surface area contributed by atoms with Gasteiger partial charge < -0.3 is 11.5 Å². The highest BCUT2D eigenvalue weighted by molar-refractivity contribution is 5.92. The molecule has 0 spiro atoms. The summed E-state index contributed by atoms with van der Waals surface area (Å²) in [5, 5.41) is 0. The molecule has 0 aliphatic heterocycles. The lowest BCUT2D eigenvalue weighted by Crippen LogP contribution is -2.10. The molecule has 3 nitrogen and oxygen atoms in total. The monoisotopic (exact) mass is 250 g/mol. The lowest BCUT2D eigenvalue weighted by Gasteiger charge is -2.12. The van der Waals surface area contributed by atoms with Crippen LogP contribution in [0.2, 0.25) is 0 Å². The molecule has 1 unspecified atom stereocenters. The fraction of sp³-hybridized carbons (Fsp3) is 0.0625. The van der Waals surface area contributed by atoms with Crippen molar-refractivity contribution < 1.29 is 4.79 Å². The zero-order valence-corrected chi connectivity index (χ0v) is 10.3. The van der Waals surface area contributed by atoms with Gasteiger partial charge in [0, 0.05) is 17.2 Å². The molecule has 94 valence electrons. The van der Waals surface area contributed by atoms with Gasteiger partial charge in [0.25, 0.3) is 0 Å². The molecule has 1 amide bonds. The van der Waals surface area contributed by atoms with Crippen LogP contribution in [-0.2, 0) is 0 Å². The quantitative estimate of drug-likeness (QED) is 0.804. The van der Waals surface area contributed by atoms with Gasteiger partial charge in [-0.3, -0.25) is 4.79 Å². The minimum atomic E-state index is -0.401. The van der Waals surface area contributed by atoms with Crippen molar-refractivity contribution in [1.82, 2.24) is 0 Å². The second kappa shape index (κ2) is 4.28. The Hall–Kier alpha value is -2.55. The second-order valence-corrected chi connectivity index (χ2v) is 4.71. The third-order valence-corrected chi connectivity index (χ3v) is 3.47. The number of carbonyl (C=O) groups excluding carboxylic acids is 1. The molecule has 1 aliphatic rings. The summed E-state index contributed by atoms with van der Waals surface area (Å²) in [5.74, 6) is -0.181. The first-order valence-electron chi connectivity index (χ1n) is 6.12. The van der Waals surface area contributed by atoms with Crippen molar-refractivity contribution in [3.63, 3.8) is 0 Å². The molecule has 2 aromatic carbocycles. The van der Waals surface area contributed by atoms with Gasteiger partial charge in [-0.15, -0.1) is 0 Å². The van der Waals surface area contributed by atoms with Crippen molar-refractivity contribution in [2.45, 2.75) is 5.92 Å². The Balaban J connectivity index is 1.97. The third kappa shape index (κ3) is 1.99. The van der Waals surface area contributed by atoms with Gasteiger partial charge in [-0.25, -0.2) is 0 Å². The first-order chi connectivity index (χ1) is 9.15. The van der Waals surface area contributed by atoms with Crippen molar-refractivity contribution >= 4 is 17.7 Å². The van der Waals surface area contributed by atoms with Gasteiger partial charge in [0.15, 0.2) is 0 Å². The van der Waals surface area contributed by atoms with Crippen molar-refractivity contribution in [3.8, 4) is 0 Å². The molecule has 4 N–H and O–H groups in total. The number of rotatable bonds is 2. The van der Waals surface area contributed by atoms with E-state index in [-0.39, 0.29) is 5.92 Å². The Morgan fingerprint density at radius 1 is 1.05 bits per heavy atom. The molecule has 0 fully saturated rings. The van der Waals surface area contributed by atoms with E-state index in [0.717, 1.165) is 16.8 Å². The largest absolute Gasteiger partial charge is 0.399 e. The summed E-state index contributed by atoms with van der Waals surface area (Å²) in [5.41, 5.74) is 15.9. The topological polar surface area (TPSA) is 69.1 Å². The van der Waals surface area contributed by atoms with Crippen molar-refractivity contribution in [1.29, 1.82) is 0 Å². The summed E-state index contributed by atoms with van der Waals surface area (Å²) in [6.07, 6.45) is 4.22. The summed E-state index contributed by atoms with van der Waals surface area (Å²) in [6, 6.07) is 13.4. The minimum absolute atomic E-state index is 0.220. The Morgan fingerprint density at radius 3 is 2.47 bits per heavy atom. The summed E-state index contributed by atoms with van der Waals surface area (Å²) >= 11 is 0. The Kier molecular flexibility index (Phi) is 2.60. The molecule has 1 atom stereocenters. The Morgan fingerprint density at radius 2 is 1.79 bits per heavy atom. The highest BCUT2D eigenvalue weighted by atomic mass is 16.1. The van der Waals surface area contributed by atoms with E-state index in [1.165, 1.54) is 5.56 Å². The number of carbonyl (C=O) groups is 1. The number of primary amides is 1. The standard InChI is InChI=1S/C16H14N2O/c17-13-6-8-15-12(9-13)5-7-14(15)10-1-3-11(4-2-10)16(18)19/h1-9,14H,17H2,(H2,18,19). The molecular weight excluding hydrogens is 236 g/mol. The minimum Gasteiger partial charge on any atom is -0.399 e. The van der Waals surface area contributed by atoms with Crippen LogP contribution in [0.3, 0.4) is 0 Å². The molecule has 2 aromatic rings. The maximum atomic E-state index is 11.1. The smallest absolute Gasteiger partial charge is 0.248 e. The van der Waals surface area contributed by atoms with Gasteiger partial charge in [0.05, 0.1) is 0 Å². The van der Waals surface area contributed by atoms with Crippen LogP contribution in [0.1, 0.15) is 33.0 Å². The maximum Gasteiger partial charge on any atom is 0.248 e. The summed E-state index contributed by atoms with van der Waals surface area (Å²) in [6.45, 7) is 0. The van der Waals surface area contributed by atoms with Crippen LogP contribution in [0.5, 0.6) is 0 Å². The number of hydrogen-bond acceptors (Lipinski definition) is 2. The molecular formula is C16H14N2O. The van der Waals surface area contributed by atoms with Crippen LogP contribution in [0.15, 0.2) is 48.5 Å². The fourth-order valence-electron chi connectivity index (χ4n) is 2.47. The van der Waals surface area contributed by atoms with Gasteiger partial charge in [-0.05, 0) is 41.0 Å². The molecule has 3 rings (SSSR count). The van der Waals surface area contributed by atoms with E-state index in [4.69, 9.17) is 11.5 Å². The Labute approximate surface area is 111 Å². The molecule has 0 saturated carbocycles. The first-order valence-corrected chi connectivity index (χ1v) is 6.12. The predicted octanol–water partition coefficient (Wildman–Crippen LogP) is 2.53. The molecule has 0 radical (unpaired) electrons. The number of nitrogen functional groups attached to an aromatic ring is 1. The predicted molar refractivity (Wildman–Crippen MR) is 76.7 cm³/mol. The summed E-state index contributed by atoms with van der Waals surface area (Å²) < 4.78 is 0. The number of hydrogen-bond donors (Lipinski definition) is 2. The number of amides is 1. The average Bonchev–Trinajstić information content (AvgIpc) is 2.81. The van der Waals surface area contributed by atoms with E-state index >= 15 is 0 Å².